The maximum absolute atomic E-state index is 10.7. The van der Waals surface area contributed by atoms with Gasteiger partial charge >= 0.3 is 5.97 Å². The number of hydrogen-bond donors (Lipinski definition) is 1. The SMILES string of the molecule is CN1C[C@@H](C2CC2)[C@@H]1C(=O)O. The Bertz CT molecular complexity index is 189. The van der Waals surface area contributed by atoms with Gasteiger partial charge in [0, 0.05) is 12.5 Å². The Morgan fingerprint density at radius 1 is 1.55 bits per heavy atom. The zero-order valence-corrected chi connectivity index (χ0v) is 6.66. The van der Waals surface area contributed by atoms with Crippen LogP contribution in [0.4, 0.5) is 0 Å². The maximum atomic E-state index is 10.7. The lowest BCUT2D eigenvalue weighted by Gasteiger charge is -2.43. The molecular formula is C8H13NO2. The van der Waals surface area contributed by atoms with Crippen molar-refractivity contribution in [2.75, 3.05) is 13.6 Å². The molecule has 0 amide bonds. The second kappa shape index (κ2) is 2.21. The fourth-order valence-corrected chi connectivity index (χ4v) is 2.04. The Morgan fingerprint density at radius 3 is 2.55 bits per heavy atom. The van der Waals surface area contributed by atoms with E-state index in [1.807, 2.05) is 11.9 Å². The highest BCUT2D eigenvalue weighted by Crippen LogP contribution is 2.44. The van der Waals surface area contributed by atoms with E-state index in [-0.39, 0.29) is 6.04 Å². The van der Waals surface area contributed by atoms with Gasteiger partial charge in [0.1, 0.15) is 6.04 Å². The van der Waals surface area contributed by atoms with Gasteiger partial charge in [0.25, 0.3) is 0 Å². The topological polar surface area (TPSA) is 40.5 Å². The van der Waals surface area contributed by atoms with E-state index in [2.05, 4.69) is 0 Å². The first-order chi connectivity index (χ1) is 5.20. The summed E-state index contributed by atoms with van der Waals surface area (Å²) in [5.74, 6) is 0.542. The van der Waals surface area contributed by atoms with Gasteiger partial charge in [-0.3, -0.25) is 9.69 Å². The van der Waals surface area contributed by atoms with Crippen molar-refractivity contribution in [2.24, 2.45) is 11.8 Å². The summed E-state index contributed by atoms with van der Waals surface area (Å²) in [6.45, 7) is 0.988. The zero-order valence-electron chi connectivity index (χ0n) is 6.66. The Balaban J connectivity index is 1.98. The van der Waals surface area contributed by atoms with E-state index in [0.717, 1.165) is 12.5 Å². The summed E-state index contributed by atoms with van der Waals surface area (Å²) in [4.78, 5) is 12.6. The molecule has 0 spiro atoms. The van der Waals surface area contributed by atoms with E-state index in [4.69, 9.17) is 5.11 Å². The minimum atomic E-state index is -0.643. The van der Waals surface area contributed by atoms with Crippen LogP contribution in [0.2, 0.25) is 0 Å². The van der Waals surface area contributed by atoms with Crippen LogP contribution in [0, 0.1) is 11.8 Å². The third-order valence-electron chi connectivity index (χ3n) is 2.86. The molecule has 0 radical (unpaired) electrons. The van der Waals surface area contributed by atoms with Gasteiger partial charge in [-0.05, 0) is 25.8 Å². The van der Waals surface area contributed by atoms with Gasteiger partial charge in [-0.15, -0.1) is 0 Å². The molecule has 2 atom stereocenters. The van der Waals surface area contributed by atoms with Crippen LogP contribution < -0.4 is 0 Å². The van der Waals surface area contributed by atoms with Crippen molar-refractivity contribution in [2.45, 2.75) is 18.9 Å². The average Bonchev–Trinajstić information content (AvgIpc) is 2.62. The number of carboxylic acids is 1. The lowest BCUT2D eigenvalue weighted by molar-refractivity contribution is -0.152. The maximum Gasteiger partial charge on any atom is 0.321 e. The molecule has 1 saturated carbocycles. The Hall–Kier alpha value is -0.570. The molecule has 11 heavy (non-hydrogen) atoms. The molecule has 2 aliphatic rings. The normalized spacial score (nSPS) is 38.3. The fraction of sp³-hybridized carbons (Fsp3) is 0.875. The summed E-state index contributed by atoms with van der Waals surface area (Å²) in [5, 5.41) is 8.81. The third-order valence-corrected chi connectivity index (χ3v) is 2.86. The minimum Gasteiger partial charge on any atom is -0.480 e. The summed E-state index contributed by atoms with van der Waals surface area (Å²) >= 11 is 0. The van der Waals surface area contributed by atoms with Crippen LogP contribution in [0.1, 0.15) is 12.8 Å². The minimum absolute atomic E-state index is 0.178. The molecule has 2 fully saturated rings. The van der Waals surface area contributed by atoms with Crippen LogP contribution >= 0.6 is 0 Å². The van der Waals surface area contributed by atoms with Crippen molar-refractivity contribution in [3.05, 3.63) is 0 Å². The predicted molar refractivity (Wildman–Crippen MR) is 40.3 cm³/mol. The Kier molecular flexibility index (Phi) is 1.42. The summed E-state index contributed by atoms with van der Waals surface area (Å²) in [6, 6.07) is -0.178. The van der Waals surface area contributed by atoms with Gasteiger partial charge in [-0.2, -0.15) is 0 Å². The molecule has 0 aromatic rings. The number of likely N-dealkylation sites (tertiary alicyclic amines) is 1. The van der Waals surface area contributed by atoms with Gasteiger partial charge in [0.2, 0.25) is 0 Å². The van der Waals surface area contributed by atoms with Crippen LogP contribution in [-0.4, -0.2) is 35.6 Å². The average molecular weight is 155 g/mol. The van der Waals surface area contributed by atoms with Gasteiger partial charge in [0.15, 0.2) is 0 Å². The van der Waals surface area contributed by atoms with Crippen LogP contribution in [0.5, 0.6) is 0 Å². The summed E-state index contributed by atoms with van der Waals surface area (Å²) in [6.07, 6.45) is 2.50. The molecule has 2 rings (SSSR count). The van der Waals surface area contributed by atoms with E-state index in [1.165, 1.54) is 12.8 Å². The molecule has 1 aliphatic carbocycles. The molecule has 0 bridgehead atoms. The highest BCUT2D eigenvalue weighted by atomic mass is 16.4. The first-order valence-electron chi connectivity index (χ1n) is 4.13. The van der Waals surface area contributed by atoms with Crippen LogP contribution in [0.25, 0.3) is 0 Å². The highest BCUT2D eigenvalue weighted by molar-refractivity contribution is 5.75. The Labute approximate surface area is 66.0 Å². The molecule has 1 heterocycles. The molecule has 1 aliphatic heterocycles. The van der Waals surface area contributed by atoms with E-state index in [1.54, 1.807) is 0 Å². The molecule has 62 valence electrons. The van der Waals surface area contributed by atoms with Crippen molar-refractivity contribution in [1.29, 1.82) is 0 Å². The lowest BCUT2D eigenvalue weighted by atomic mass is 9.85. The van der Waals surface area contributed by atoms with Crippen molar-refractivity contribution in [3.63, 3.8) is 0 Å². The van der Waals surface area contributed by atoms with Gasteiger partial charge in [0.05, 0.1) is 0 Å². The molecule has 0 unspecified atom stereocenters. The monoisotopic (exact) mass is 155 g/mol. The van der Waals surface area contributed by atoms with Gasteiger partial charge < -0.3 is 5.11 Å². The summed E-state index contributed by atoms with van der Waals surface area (Å²) < 4.78 is 0. The molecule has 0 aromatic heterocycles. The quantitative estimate of drug-likeness (QED) is 0.628. The molecule has 0 aromatic carbocycles. The third kappa shape index (κ3) is 1.03. The van der Waals surface area contributed by atoms with Crippen LogP contribution in [0.15, 0.2) is 0 Å². The van der Waals surface area contributed by atoms with Crippen LogP contribution in [-0.2, 0) is 4.79 Å². The number of carboxylic acid groups (broad SMARTS) is 1. The second-order valence-corrected chi connectivity index (χ2v) is 3.72. The number of aliphatic carboxylic acids is 1. The highest BCUT2D eigenvalue weighted by Gasteiger charge is 2.49. The van der Waals surface area contributed by atoms with Crippen molar-refractivity contribution < 1.29 is 9.90 Å². The number of likely N-dealkylation sites (N-methyl/N-ethyl adjacent to an activating group) is 1. The molecule has 3 nitrogen and oxygen atoms in total. The van der Waals surface area contributed by atoms with Crippen molar-refractivity contribution in [3.8, 4) is 0 Å². The smallest absolute Gasteiger partial charge is 0.321 e. The zero-order chi connectivity index (χ0) is 8.01. The summed E-state index contributed by atoms with van der Waals surface area (Å²) in [7, 11) is 1.89. The van der Waals surface area contributed by atoms with Crippen molar-refractivity contribution in [1.82, 2.24) is 4.90 Å². The standard InChI is InChI=1S/C8H13NO2/c1-9-4-6(5-2-3-5)7(9)8(10)11/h5-7H,2-4H2,1H3,(H,10,11)/t6-,7+/m0/s1. The second-order valence-electron chi connectivity index (χ2n) is 3.72. The fourth-order valence-electron chi connectivity index (χ4n) is 2.04. The van der Waals surface area contributed by atoms with Gasteiger partial charge in [-0.25, -0.2) is 0 Å². The van der Waals surface area contributed by atoms with Crippen LogP contribution in [0.3, 0.4) is 0 Å². The van der Waals surface area contributed by atoms with Gasteiger partial charge in [-0.1, -0.05) is 0 Å². The number of hydrogen-bond acceptors (Lipinski definition) is 2. The Morgan fingerprint density at radius 2 is 2.18 bits per heavy atom. The largest absolute Gasteiger partial charge is 0.480 e. The summed E-state index contributed by atoms with van der Waals surface area (Å²) in [5.41, 5.74) is 0. The number of rotatable bonds is 2. The molecule has 1 saturated heterocycles. The van der Waals surface area contributed by atoms with E-state index in [0.29, 0.717) is 5.92 Å². The predicted octanol–water partition coefficient (Wildman–Crippen LogP) is 0.411. The van der Waals surface area contributed by atoms with E-state index in [9.17, 15) is 4.79 Å². The number of nitrogens with zero attached hydrogens (tertiary/aromatic N) is 1. The molecule has 3 heteroatoms. The van der Waals surface area contributed by atoms with E-state index < -0.39 is 5.97 Å². The molecular weight excluding hydrogens is 142 g/mol. The van der Waals surface area contributed by atoms with Crippen molar-refractivity contribution >= 4 is 5.97 Å². The van der Waals surface area contributed by atoms with E-state index >= 15 is 0 Å². The molecule has 1 N–H and O–H groups in total. The number of carbonyl (C=O) groups is 1. The first-order valence-corrected chi connectivity index (χ1v) is 4.13. The first kappa shape index (κ1) is 7.10. The lowest BCUT2D eigenvalue weighted by Crippen LogP contribution is -2.58.